The number of rotatable bonds is 7. The zero-order chi connectivity index (χ0) is 18.9. The van der Waals surface area contributed by atoms with Gasteiger partial charge in [0, 0.05) is 17.6 Å². The molecule has 5 heteroatoms. The van der Waals surface area contributed by atoms with Crippen LogP contribution in [0.5, 0.6) is 5.75 Å². The van der Waals surface area contributed by atoms with Crippen molar-refractivity contribution in [2.75, 3.05) is 17.2 Å². The summed E-state index contributed by atoms with van der Waals surface area (Å²) in [5.41, 5.74) is 2.59. The zero-order valence-corrected chi connectivity index (χ0v) is 15.2. The number of nitriles is 1. The lowest BCUT2D eigenvalue weighted by Crippen LogP contribution is -2.14. The molecule has 0 saturated carbocycles. The van der Waals surface area contributed by atoms with Crippen LogP contribution in [-0.2, 0) is 4.79 Å². The van der Waals surface area contributed by atoms with E-state index in [0.717, 1.165) is 17.0 Å². The highest BCUT2D eigenvalue weighted by Crippen LogP contribution is 2.24. The fraction of sp³-hybridized carbons (Fsp3) is 0.238. The van der Waals surface area contributed by atoms with Crippen molar-refractivity contribution in [3.63, 3.8) is 0 Å². The Balaban J connectivity index is 2.09. The molecule has 0 aromatic heterocycles. The first kappa shape index (κ1) is 19.1. The van der Waals surface area contributed by atoms with Gasteiger partial charge in [0.15, 0.2) is 0 Å². The summed E-state index contributed by atoms with van der Waals surface area (Å²) < 4.78 is 5.37. The van der Waals surface area contributed by atoms with Gasteiger partial charge in [0.05, 0.1) is 6.61 Å². The topological polar surface area (TPSA) is 74.1 Å². The molecule has 2 aromatic carbocycles. The molecule has 0 aliphatic carbocycles. The third-order valence-corrected chi connectivity index (χ3v) is 3.74. The molecule has 2 aromatic rings. The molecule has 0 saturated heterocycles. The molecule has 2 N–H and O–H groups in total. The Kier molecular flexibility index (Phi) is 6.81. The Morgan fingerprint density at radius 2 is 1.88 bits per heavy atom. The maximum Gasteiger partial charge on any atom is 0.267 e. The van der Waals surface area contributed by atoms with Crippen LogP contribution in [0.4, 0.5) is 11.4 Å². The second-order valence-electron chi connectivity index (χ2n) is 5.97. The number of hydrogen-bond acceptors (Lipinski definition) is 4. The molecular formula is C21H23N3O2. The van der Waals surface area contributed by atoms with Crippen LogP contribution in [0, 0.1) is 11.3 Å². The van der Waals surface area contributed by atoms with Crippen LogP contribution in [-0.4, -0.2) is 12.5 Å². The first-order valence-electron chi connectivity index (χ1n) is 8.55. The van der Waals surface area contributed by atoms with Crippen molar-refractivity contribution in [1.82, 2.24) is 0 Å². The van der Waals surface area contributed by atoms with Gasteiger partial charge < -0.3 is 15.4 Å². The monoisotopic (exact) mass is 349 g/mol. The van der Waals surface area contributed by atoms with Crippen molar-refractivity contribution in [3.8, 4) is 11.8 Å². The smallest absolute Gasteiger partial charge is 0.267 e. The maximum atomic E-state index is 12.3. The minimum Gasteiger partial charge on any atom is -0.494 e. The van der Waals surface area contributed by atoms with Crippen molar-refractivity contribution in [2.45, 2.75) is 26.7 Å². The molecule has 0 atom stereocenters. The molecule has 2 rings (SSSR count). The van der Waals surface area contributed by atoms with Crippen molar-refractivity contribution >= 4 is 17.3 Å². The summed E-state index contributed by atoms with van der Waals surface area (Å²) >= 11 is 0. The lowest BCUT2D eigenvalue weighted by atomic mass is 10.0. The number of nitrogens with zero attached hydrogens (tertiary/aromatic N) is 1. The van der Waals surface area contributed by atoms with Crippen LogP contribution in [0.25, 0.3) is 0 Å². The molecule has 0 aliphatic rings. The number of ether oxygens (including phenoxy) is 1. The molecular weight excluding hydrogens is 326 g/mol. The van der Waals surface area contributed by atoms with Gasteiger partial charge in [-0.05, 0) is 48.7 Å². The summed E-state index contributed by atoms with van der Waals surface area (Å²) in [6.07, 6.45) is 1.44. The van der Waals surface area contributed by atoms with Crippen molar-refractivity contribution < 1.29 is 9.53 Å². The van der Waals surface area contributed by atoms with Crippen LogP contribution in [0.2, 0.25) is 0 Å². The zero-order valence-electron chi connectivity index (χ0n) is 15.2. The standard InChI is InChI=1S/C21H23N3O2/c1-4-26-18-11-9-17(10-12-18)24-21(25)16(13-22)14-23-20-8-6-5-7-19(20)15(2)3/h5-12,14-15,23H,4H2,1-3H3,(H,24,25)/b16-14-. The number of benzene rings is 2. The highest BCUT2D eigenvalue weighted by Gasteiger charge is 2.10. The number of carbonyl (C=O) groups is 1. The molecule has 0 spiro atoms. The lowest BCUT2D eigenvalue weighted by molar-refractivity contribution is -0.112. The maximum absolute atomic E-state index is 12.3. The van der Waals surface area contributed by atoms with Crippen LogP contribution in [0.1, 0.15) is 32.3 Å². The summed E-state index contributed by atoms with van der Waals surface area (Å²) in [6, 6.07) is 16.8. The number of hydrogen-bond donors (Lipinski definition) is 2. The summed E-state index contributed by atoms with van der Waals surface area (Å²) in [7, 11) is 0. The number of carbonyl (C=O) groups excluding carboxylic acids is 1. The van der Waals surface area contributed by atoms with E-state index in [0.29, 0.717) is 18.2 Å². The molecule has 0 aliphatic heterocycles. The van der Waals surface area contributed by atoms with Gasteiger partial charge in [0.2, 0.25) is 0 Å². The van der Waals surface area contributed by atoms with Gasteiger partial charge in [-0.1, -0.05) is 32.0 Å². The van der Waals surface area contributed by atoms with Gasteiger partial charge >= 0.3 is 0 Å². The SMILES string of the molecule is CCOc1ccc(NC(=O)/C(C#N)=C\Nc2ccccc2C(C)C)cc1. The number of anilines is 2. The van der Waals surface area contributed by atoms with E-state index in [-0.39, 0.29) is 5.57 Å². The quantitative estimate of drug-likeness (QED) is 0.563. The van der Waals surface area contributed by atoms with Crippen molar-refractivity contribution in [2.24, 2.45) is 0 Å². The van der Waals surface area contributed by atoms with E-state index >= 15 is 0 Å². The van der Waals surface area contributed by atoms with E-state index in [2.05, 4.69) is 24.5 Å². The summed E-state index contributed by atoms with van der Waals surface area (Å²) in [5.74, 6) is 0.593. The molecule has 0 heterocycles. The predicted octanol–water partition coefficient (Wildman–Crippen LogP) is 4.67. The van der Waals surface area contributed by atoms with Gasteiger partial charge in [0.1, 0.15) is 17.4 Å². The van der Waals surface area contributed by atoms with Gasteiger partial charge in [-0.15, -0.1) is 0 Å². The molecule has 0 fully saturated rings. The average Bonchev–Trinajstić information content (AvgIpc) is 2.64. The first-order chi connectivity index (χ1) is 12.5. The molecule has 134 valence electrons. The van der Waals surface area contributed by atoms with Gasteiger partial charge in [-0.3, -0.25) is 4.79 Å². The fourth-order valence-corrected chi connectivity index (χ4v) is 2.43. The van der Waals surface area contributed by atoms with Gasteiger partial charge in [-0.25, -0.2) is 0 Å². The molecule has 0 radical (unpaired) electrons. The van der Waals surface area contributed by atoms with E-state index in [1.807, 2.05) is 37.3 Å². The molecule has 5 nitrogen and oxygen atoms in total. The third-order valence-electron chi connectivity index (χ3n) is 3.74. The Hall–Kier alpha value is -3.26. The largest absolute Gasteiger partial charge is 0.494 e. The summed E-state index contributed by atoms with van der Waals surface area (Å²) in [4.78, 5) is 12.3. The minimum atomic E-state index is -0.466. The number of para-hydroxylation sites is 1. The highest BCUT2D eigenvalue weighted by atomic mass is 16.5. The molecule has 26 heavy (non-hydrogen) atoms. The molecule has 1 amide bonds. The van der Waals surface area contributed by atoms with E-state index in [1.54, 1.807) is 24.3 Å². The van der Waals surface area contributed by atoms with Gasteiger partial charge in [0.25, 0.3) is 5.91 Å². The summed E-state index contributed by atoms with van der Waals surface area (Å²) in [5, 5.41) is 15.1. The van der Waals surface area contributed by atoms with Crippen LogP contribution < -0.4 is 15.4 Å². The Bertz CT molecular complexity index is 818. The Labute approximate surface area is 154 Å². The van der Waals surface area contributed by atoms with E-state index in [9.17, 15) is 10.1 Å². The second-order valence-corrected chi connectivity index (χ2v) is 5.97. The molecule has 0 unspecified atom stereocenters. The fourth-order valence-electron chi connectivity index (χ4n) is 2.43. The summed E-state index contributed by atoms with van der Waals surface area (Å²) in [6.45, 7) is 6.67. The van der Waals surface area contributed by atoms with E-state index < -0.39 is 5.91 Å². The highest BCUT2D eigenvalue weighted by molar-refractivity contribution is 6.06. The van der Waals surface area contributed by atoms with Crippen LogP contribution in [0.3, 0.4) is 0 Å². The molecule has 0 bridgehead atoms. The normalized spacial score (nSPS) is 11.0. The van der Waals surface area contributed by atoms with Crippen LogP contribution >= 0.6 is 0 Å². The number of nitrogens with one attached hydrogen (secondary N) is 2. The van der Waals surface area contributed by atoms with Crippen LogP contribution in [0.15, 0.2) is 60.3 Å². The predicted molar refractivity (Wildman–Crippen MR) is 104 cm³/mol. The van der Waals surface area contributed by atoms with E-state index in [4.69, 9.17) is 4.74 Å². The Morgan fingerprint density at radius 1 is 1.19 bits per heavy atom. The lowest BCUT2D eigenvalue weighted by Gasteiger charge is -2.12. The van der Waals surface area contributed by atoms with Gasteiger partial charge in [-0.2, -0.15) is 5.26 Å². The Morgan fingerprint density at radius 3 is 2.50 bits per heavy atom. The second kappa shape index (κ2) is 9.28. The average molecular weight is 349 g/mol. The van der Waals surface area contributed by atoms with Crippen molar-refractivity contribution in [3.05, 3.63) is 65.9 Å². The third kappa shape index (κ3) is 5.12. The first-order valence-corrected chi connectivity index (χ1v) is 8.55. The minimum absolute atomic E-state index is 0.00237. The number of amides is 1. The van der Waals surface area contributed by atoms with E-state index in [1.165, 1.54) is 6.20 Å². The van der Waals surface area contributed by atoms with Crippen molar-refractivity contribution in [1.29, 1.82) is 5.26 Å².